The van der Waals surface area contributed by atoms with Crippen molar-refractivity contribution in [3.63, 3.8) is 0 Å². The number of nitrogens with zero attached hydrogens (tertiary/aromatic N) is 2. The molecule has 2 fully saturated rings. The van der Waals surface area contributed by atoms with E-state index in [4.69, 9.17) is 0 Å². The predicted octanol–water partition coefficient (Wildman–Crippen LogP) is 2.62. The van der Waals surface area contributed by atoms with Crippen molar-refractivity contribution in [3.8, 4) is 0 Å². The SMILES string of the molecule is O=C(c1ccsc1)N1C[C@@H]2CN(Cc3cccc(F)c3)C(=O)[C@@H]2C1. The largest absolute Gasteiger partial charge is 0.338 e. The first kappa shape index (κ1) is 15.3. The van der Waals surface area contributed by atoms with Crippen molar-refractivity contribution in [2.24, 2.45) is 11.8 Å². The summed E-state index contributed by atoms with van der Waals surface area (Å²) in [7, 11) is 0. The van der Waals surface area contributed by atoms with Crippen molar-refractivity contribution in [3.05, 3.63) is 58.0 Å². The number of carbonyl (C=O) groups excluding carboxylic acids is 2. The number of hydrogen-bond acceptors (Lipinski definition) is 3. The first-order valence-corrected chi connectivity index (χ1v) is 8.91. The second kappa shape index (κ2) is 6.02. The summed E-state index contributed by atoms with van der Waals surface area (Å²) in [5.74, 6) is -0.151. The third-order valence-electron chi connectivity index (χ3n) is 4.84. The number of thiophene rings is 1. The zero-order chi connectivity index (χ0) is 16.7. The number of hydrogen-bond donors (Lipinski definition) is 0. The molecule has 124 valence electrons. The van der Waals surface area contributed by atoms with Crippen molar-refractivity contribution in [2.45, 2.75) is 6.54 Å². The molecule has 24 heavy (non-hydrogen) atoms. The Morgan fingerprint density at radius 3 is 2.83 bits per heavy atom. The number of likely N-dealkylation sites (tertiary alicyclic amines) is 2. The highest BCUT2D eigenvalue weighted by molar-refractivity contribution is 7.08. The van der Waals surface area contributed by atoms with Crippen LogP contribution in [0.3, 0.4) is 0 Å². The van der Waals surface area contributed by atoms with Gasteiger partial charge in [-0.15, -0.1) is 0 Å². The fourth-order valence-corrected chi connectivity index (χ4v) is 4.31. The average Bonchev–Trinajstić information content (AvgIpc) is 3.27. The van der Waals surface area contributed by atoms with Gasteiger partial charge in [-0.2, -0.15) is 11.3 Å². The van der Waals surface area contributed by atoms with E-state index in [0.29, 0.717) is 31.7 Å². The molecule has 6 heteroatoms. The molecule has 0 aliphatic carbocycles. The van der Waals surface area contributed by atoms with E-state index in [1.165, 1.54) is 23.5 Å². The van der Waals surface area contributed by atoms with E-state index in [0.717, 1.165) is 5.56 Å². The number of carbonyl (C=O) groups is 2. The third kappa shape index (κ3) is 2.71. The van der Waals surface area contributed by atoms with Gasteiger partial charge in [0, 0.05) is 37.5 Å². The van der Waals surface area contributed by atoms with E-state index in [2.05, 4.69) is 0 Å². The summed E-state index contributed by atoms with van der Waals surface area (Å²) in [5.41, 5.74) is 1.50. The number of benzene rings is 1. The topological polar surface area (TPSA) is 40.6 Å². The van der Waals surface area contributed by atoms with Gasteiger partial charge in [-0.25, -0.2) is 4.39 Å². The molecule has 0 saturated carbocycles. The summed E-state index contributed by atoms with van der Waals surface area (Å²) < 4.78 is 13.3. The lowest BCUT2D eigenvalue weighted by atomic mass is 10.0. The molecule has 4 nitrogen and oxygen atoms in total. The first-order chi connectivity index (χ1) is 11.6. The van der Waals surface area contributed by atoms with Gasteiger partial charge in [0.05, 0.1) is 11.5 Å². The monoisotopic (exact) mass is 344 g/mol. The minimum absolute atomic E-state index is 0.00938. The van der Waals surface area contributed by atoms with Crippen molar-refractivity contribution < 1.29 is 14.0 Å². The molecule has 1 aromatic heterocycles. The molecule has 2 aliphatic heterocycles. The second-order valence-corrected chi connectivity index (χ2v) is 7.22. The normalized spacial score (nSPS) is 23.0. The van der Waals surface area contributed by atoms with Crippen molar-refractivity contribution in [1.82, 2.24) is 9.80 Å². The van der Waals surface area contributed by atoms with Crippen LogP contribution in [0.5, 0.6) is 0 Å². The minimum atomic E-state index is -0.285. The Kier molecular flexibility index (Phi) is 3.84. The molecule has 2 amide bonds. The van der Waals surface area contributed by atoms with Crippen LogP contribution in [-0.4, -0.2) is 41.2 Å². The predicted molar refractivity (Wildman–Crippen MR) is 89.0 cm³/mol. The molecule has 2 saturated heterocycles. The van der Waals surface area contributed by atoms with E-state index in [9.17, 15) is 14.0 Å². The van der Waals surface area contributed by atoms with Gasteiger partial charge in [-0.3, -0.25) is 9.59 Å². The number of rotatable bonds is 3. The number of halogens is 1. The molecule has 1 aromatic carbocycles. The van der Waals surface area contributed by atoms with Gasteiger partial charge < -0.3 is 9.80 Å². The molecule has 2 aromatic rings. The molecule has 0 N–H and O–H groups in total. The summed E-state index contributed by atoms with van der Waals surface area (Å²) in [6.07, 6.45) is 0. The lowest BCUT2D eigenvalue weighted by Gasteiger charge is -2.21. The molecule has 0 spiro atoms. The standard InChI is InChI=1S/C18H17FN2O2S/c19-15-3-1-2-12(6-15)7-20-8-14-9-21(10-16(14)18(20)23)17(22)13-4-5-24-11-13/h1-6,11,14,16H,7-10H2/t14-,16+/m0/s1. The molecule has 4 rings (SSSR count). The van der Waals surface area contributed by atoms with Gasteiger partial charge in [0.1, 0.15) is 5.82 Å². The van der Waals surface area contributed by atoms with Gasteiger partial charge in [-0.05, 0) is 29.1 Å². The lowest BCUT2D eigenvalue weighted by molar-refractivity contribution is -0.131. The van der Waals surface area contributed by atoms with Crippen LogP contribution in [0.25, 0.3) is 0 Å². The number of amides is 2. The van der Waals surface area contributed by atoms with Crippen molar-refractivity contribution >= 4 is 23.2 Å². The minimum Gasteiger partial charge on any atom is -0.338 e. The maximum Gasteiger partial charge on any atom is 0.254 e. The Morgan fingerprint density at radius 1 is 1.25 bits per heavy atom. The molecule has 0 bridgehead atoms. The van der Waals surface area contributed by atoms with Crippen molar-refractivity contribution in [2.75, 3.05) is 19.6 Å². The van der Waals surface area contributed by atoms with Gasteiger partial charge in [0.2, 0.25) is 5.91 Å². The molecule has 2 aliphatic rings. The van der Waals surface area contributed by atoms with Crippen LogP contribution in [0.15, 0.2) is 41.1 Å². The van der Waals surface area contributed by atoms with Gasteiger partial charge in [-0.1, -0.05) is 12.1 Å². The van der Waals surface area contributed by atoms with E-state index in [1.807, 2.05) is 22.9 Å². The zero-order valence-corrected chi connectivity index (χ0v) is 13.8. The van der Waals surface area contributed by atoms with Gasteiger partial charge in [0.25, 0.3) is 5.91 Å². The Labute approximate surface area is 143 Å². The average molecular weight is 344 g/mol. The summed E-state index contributed by atoms with van der Waals surface area (Å²) >= 11 is 1.50. The highest BCUT2D eigenvalue weighted by atomic mass is 32.1. The van der Waals surface area contributed by atoms with Crippen molar-refractivity contribution in [1.29, 1.82) is 0 Å². The van der Waals surface area contributed by atoms with Gasteiger partial charge >= 0.3 is 0 Å². The molecular weight excluding hydrogens is 327 g/mol. The Morgan fingerprint density at radius 2 is 2.12 bits per heavy atom. The molecule has 2 atom stereocenters. The highest BCUT2D eigenvalue weighted by Crippen LogP contribution is 2.34. The summed E-state index contributed by atoms with van der Waals surface area (Å²) in [5, 5.41) is 3.73. The van der Waals surface area contributed by atoms with Crippen LogP contribution >= 0.6 is 11.3 Å². The second-order valence-electron chi connectivity index (χ2n) is 6.44. The first-order valence-electron chi connectivity index (χ1n) is 7.96. The van der Waals surface area contributed by atoms with Crippen LogP contribution in [0, 0.1) is 17.7 Å². The van der Waals surface area contributed by atoms with Crippen LogP contribution in [0.4, 0.5) is 4.39 Å². The summed E-state index contributed by atoms with van der Waals surface area (Å²) in [6, 6.07) is 8.18. The zero-order valence-electron chi connectivity index (χ0n) is 13.0. The maximum absolute atomic E-state index is 13.3. The van der Waals surface area contributed by atoms with Crippen LogP contribution < -0.4 is 0 Å². The van der Waals surface area contributed by atoms with E-state index in [1.54, 1.807) is 15.9 Å². The van der Waals surface area contributed by atoms with Gasteiger partial charge in [0.15, 0.2) is 0 Å². The molecule has 3 heterocycles. The Balaban J connectivity index is 1.42. The quantitative estimate of drug-likeness (QED) is 0.859. The molecule has 0 unspecified atom stereocenters. The lowest BCUT2D eigenvalue weighted by Crippen LogP contribution is -2.35. The molecular formula is C18H17FN2O2S. The van der Waals surface area contributed by atoms with E-state index >= 15 is 0 Å². The fourth-order valence-electron chi connectivity index (χ4n) is 3.68. The van der Waals surface area contributed by atoms with E-state index in [-0.39, 0.29) is 29.5 Å². The van der Waals surface area contributed by atoms with E-state index < -0.39 is 0 Å². The summed E-state index contributed by atoms with van der Waals surface area (Å²) in [6.45, 7) is 2.16. The van der Waals surface area contributed by atoms with Crippen LogP contribution in [-0.2, 0) is 11.3 Å². The highest BCUT2D eigenvalue weighted by Gasteiger charge is 2.47. The smallest absolute Gasteiger partial charge is 0.254 e. The van der Waals surface area contributed by atoms with Crippen LogP contribution in [0.2, 0.25) is 0 Å². The summed E-state index contributed by atoms with van der Waals surface area (Å²) in [4.78, 5) is 28.6. The maximum atomic E-state index is 13.3. The fraction of sp³-hybridized carbons (Fsp3) is 0.333. The third-order valence-corrected chi connectivity index (χ3v) is 5.53. The number of fused-ring (bicyclic) bond motifs is 1. The Bertz CT molecular complexity index is 777. The Hall–Kier alpha value is -2.21. The molecule has 0 radical (unpaired) electrons. The van der Waals surface area contributed by atoms with Crippen LogP contribution in [0.1, 0.15) is 15.9 Å².